The Hall–Kier alpha value is -3.76. The Morgan fingerprint density at radius 3 is 2.40 bits per heavy atom. The first-order valence-electron chi connectivity index (χ1n) is 11.8. The Bertz CT molecular complexity index is 1800. The normalized spacial score (nSPS) is 17.3. The third-order valence-electron chi connectivity index (χ3n) is 6.95. The highest BCUT2D eigenvalue weighted by atomic mass is 79.9. The smallest absolute Gasteiger partial charge is 0.235 e. The van der Waals surface area contributed by atoms with E-state index >= 15 is 0 Å². The van der Waals surface area contributed by atoms with Gasteiger partial charge in [0.2, 0.25) is 5.95 Å². The second-order valence-electron chi connectivity index (χ2n) is 9.42. The van der Waals surface area contributed by atoms with E-state index in [2.05, 4.69) is 118 Å². The van der Waals surface area contributed by atoms with Gasteiger partial charge in [0, 0.05) is 20.7 Å². The van der Waals surface area contributed by atoms with Crippen LogP contribution in [0.2, 0.25) is 0 Å². The van der Waals surface area contributed by atoms with Gasteiger partial charge in [0.25, 0.3) is 0 Å². The lowest BCUT2D eigenvalue weighted by atomic mass is 9.91. The van der Waals surface area contributed by atoms with E-state index in [4.69, 9.17) is 9.97 Å². The Labute approximate surface area is 211 Å². The lowest BCUT2D eigenvalue weighted by molar-refractivity contribution is 0.788. The number of benzene rings is 4. The molecule has 0 spiro atoms. The molecule has 0 saturated carbocycles. The van der Waals surface area contributed by atoms with Crippen LogP contribution in [0, 0.1) is 0 Å². The first kappa shape index (κ1) is 20.6. The highest BCUT2D eigenvalue weighted by molar-refractivity contribution is 9.10. The van der Waals surface area contributed by atoms with E-state index in [1.165, 1.54) is 21.7 Å². The van der Waals surface area contributed by atoms with Crippen LogP contribution < -0.4 is 0 Å². The van der Waals surface area contributed by atoms with E-state index < -0.39 is 0 Å². The van der Waals surface area contributed by atoms with Crippen LogP contribution in [0.3, 0.4) is 0 Å². The van der Waals surface area contributed by atoms with Crippen LogP contribution in [0.15, 0.2) is 97.1 Å². The Kier molecular flexibility index (Phi) is 4.49. The van der Waals surface area contributed by atoms with E-state index in [1.807, 2.05) is 12.1 Å². The van der Waals surface area contributed by atoms with Crippen molar-refractivity contribution in [3.05, 3.63) is 108 Å². The molecule has 1 aliphatic carbocycles. The predicted molar refractivity (Wildman–Crippen MR) is 149 cm³/mol. The van der Waals surface area contributed by atoms with Crippen molar-refractivity contribution in [1.82, 2.24) is 14.5 Å². The molecule has 35 heavy (non-hydrogen) atoms. The molecule has 2 heterocycles. The molecule has 4 aromatic carbocycles. The molecule has 2 aromatic heterocycles. The van der Waals surface area contributed by atoms with Gasteiger partial charge in [-0.05, 0) is 47.9 Å². The van der Waals surface area contributed by atoms with E-state index in [0.717, 1.165) is 39.8 Å². The first-order valence-corrected chi connectivity index (χ1v) is 12.6. The summed E-state index contributed by atoms with van der Waals surface area (Å²) in [6.07, 6.45) is 5.37. The molecule has 0 saturated heterocycles. The lowest BCUT2D eigenvalue weighted by Gasteiger charge is -2.23. The van der Waals surface area contributed by atoms with Gasteiger partial charge >= 0.3 is 0 Å². The molecular formula is C31H22BrN3. The lowest BCUT2D eigenvalue weighted by Crippen LogP contribution is -2.19. The largest absolute Gasteiger partial charge is 0.278 e. The van der Waals surface area contributed by atoms with Crippen LogP contribution in [0.5, 0.6) is 0 Å². The topological polar surface area (TPSA) is 30.7 Å². The molecule has 0 N–H and O–H groups in total. The number of allylic oxidation sites excluding steroid dienone is 1. The van der Waals surface area contributed by atoms with Crippen molar-refractivity contribution in [2.24, 2.45) is 0 Å². The summed E-state index contributed by atoms with van der Waals surface area (Å²) in [5.74, 6) is 0.701. The zero-order chi connectivity index (χ0) is 23.6. The number of hydrogen-bond acceptors (Lipinski definition) is 2. The summed E-state index contributed by atoms with van der Waals surface area (Å²) < 4.78 is 2.16. The molecule has 6 aromatic rings. The molecule has 1 atom stereocenters. The fourth-order valence-electron chi connectivity index (χ4n) is 5.36. The summed E-state index contributed by atoms with van der Waals surface area (Å²) >= 11 is 3.93. The zero-order valence-electron chi connectivity index (χ0n) is 19.2. The second-order valence-corrected chi connectivity index (χ2v) is 11.2. The number of fused-ring (bicyclic) bond motifs is 6. The summed E-state index contributed by atoms with van der Waals surface area (Å²) in [6.45, 7) is 2.22. The fraction of sp³-hybridized carbons (Fsp3) is 0.0968. The molecule has 0 fully saturated rings. The zero-order valence-corrected chi connectivity index (χ0v) is 20.8. The van der Waals surface area contributed by atoms with E-state index in [1.54, 1.807) is 0 Å². The molecular weight excluding hydrogens is 494 g/mol. The summed E-state index contributed by atoms with van der Waals surface area (Å²) in [5, 5.41) is 4.85. The van der Waals surface area contributed by atoms with Gasteiger partial charge in [-0.1, -0.05) is 101 Å². The van der Waals surface area contributed by atoms with Crippen molar-refractivity contribution >= 4 is 54.6 Å². The summed E-state index contributed by atoms with van der Waals surface area (Å²) in [7, 11) is 0. The van der Waals surface area contributed by atoms with E-state index in [0.29, 0.717) is 5.95 Å². The minimum Gasteiger partial charge on any atom is -0.278 e. The van der Waals surface area contributed by atoms with Crippen LogP contribution in [-0.2, 0) is 6.42 Å². The monoisotopic (exact) mass is 515 g/mol. The number of nitrogens with zero attached hydrogens (tertiary/aromatic N) is 3. The van der Waals surface area contributed by atoms with Gasteiger partial charge < -0.3 is 0 Å². The van der Waals surface area contributed by atoms with Crippen LogP contribution >= 0.6 is 15.9 Å². The average molecular weight is 516 g/mol. The molecule has 1 aliphatic rings. The fourth-order valence-corrected chi connectivity index (χ4v) is 5.78. The number of rotatable bonds is 2. The standard InChI is InChI=1S/C31H22BrN3/c1-31(32)18-17-26-24(19-31)28-22-12-6-5-9-20(22)15-16-27(28)35(26)30-33-25-14-8-7-13-23(25)29(34-30)21-10-3-2-4-11-21/h2-18H,19H2,1H3. The maximum absolute atomic E-state index is 5.19. The SMILES string of the molecule is CC1(Br)C=Cc2c(c3c4ccccc4ccc3n2-c2nc(-c3ccccc3)c3ccccc3n2)C1. The Morgan fingerprint density at radius 2 is 1.54 bits per heavy atom. The summed E-state index contributed by atoms with van der Waals surface area (Å²) in [6, 6.07) is 31.7. The number of halogens is 1. The van der Waals surface area contributed by atoms with E-state index in [-0.39, 0.29) is 4.32 Å². The summed E-state index contributed by atoms with van der Waals surface area (Å²) in [4.78, 5) is 10.3. The second kappa shape index (κ2) is 7.62. The molecule has 0 aliphatic heterocycles. The van der Waals surface area contributed by atoms with Gasteiger partial charge in [-0.25, -0.2) is 9.97 Å². The molecule has 0 radical (unpaired) electrons. The highest BCUT2D eigenvalue weighted by Crippen LogP contribution is 2.42. The number of alkyl halides is 1. The number of hydrogen-bond donors (Lipinski definition) is 0. The van der Waals surface area contributed by atoms with Crippen molar-refractivity contribution in [3.8, 4) is 17.2 Å². The van der Waals surface area contributed by atoms with Crippen molar-refractivity contribution in [1.29, 1.82) is 0 Å². The molecule has 7 rings (SSSR count). The van der Waals surface area contributed by atoms with Gasteiger partial charge in [-0.15, -0.1) is 0 Å². The molecule has 4 heteroatoms. The van der Waals surface area contributed by atoms with Gasteiger partial charge in [0.05, 0.1) is 22.4 Å². The average Bonchev–Trinajstić information content (AvgIpc) is 3.21. The van der Waals surface area contributed by atoms with Gasteiger partial charge in [0.1, 0.15) is 0 Å². The van der Waals surface area contributed by atoms with Crippen molar-refractivity contribution < 1.29 is 0 Å². The van der Waals surface area contributed by atoms with Crippen LogP contribution in [0.4, 0.5) is 0 Å². The Morgan fingerprint density at radius 1 is 0.800 bits per heavy atom. The van der Waals surface area contributed by atoms with Crippen molar-refractivity contribution in [2.45, 2.75) is 17.7 Å². The predicted octanol–water partition coefficient (Wildman–Crippen LogP) is 8.12. The number of aromatic nitrogens is 3. The minimum atomic E-state index is -0.0878. The minimum absolute atomic E-state index is 0.0878. The molecule has 3 nitrogen and oxygen atoms in total. The highest BCUT2D eigenvalue weighted by Gasteiger charge is 2.29. The number of para-hydroxylation sites is 1. The van der Waals surface area contributed by atoms with Crippen molar-refractivity contribution in [2.75, 3.05) is 0 Å². The van der Waals surface area contributed by atoms with E-state index in [9.17, 15) is 0 Å². The Balaban J connectivity index is 1.61. The third kappa shape index (κ3) is 3.24. The quantitative estimate of drug-likeness (QED) is 0.218. The molecule has 1 unspecified atom stereocenters. The van der Waals surface area contributed by atoms with Gasteiger partial charge in [-0.3, -0.25) is 4.57 Å². The molecule has 168 valence electrons. The molecule has 0 bridgehead atoms. The maximum Gasteiger partial charge on any atom is 0.235 e. The third-order valence-corrected chi connectivity index (χ3v) is 7.49. The molecule has 0 amide bonds. The first-order chi connectivity index (χ1) is 17.1. The van der Waals surface area contributed by atoms with Gasteiger partial charge in [-0.2, -0.15) is 0 Å². The van der Waals surface area contributed by atoms with Crippen LogP contribution in [-0.4, -0.2) is 18.9 Å². The maximum atomic E-state index is 5.19. The van der Waals surface area contributed by atoms with Crippen molar-refractivity contribution in [3.63, 3.8) is 0 Å². The van der Waals surface area contributed by atoms with Crippen LogP contribution in [0.1, 0.15) is 18.2 Å². The summed E-state index contributed by atoms with van der Waals surface area (Å²) in [5.41, 5.74) is 6.61. The van der Waals surface area contributed by atoms with Gasteiger partial charge in [0.15, 0.2) is 0 Å². The van der Waals surface area contributed by atoms with Crippen LogP contribution in [0.25, 0.3) is 55.9 Å².